The zero-order valence-corrected chi connectivity index (χ0v) is 11.9. The molecule has 1 heterocycles. The molecule has 3 heteroatoms. The molecule has 1 atom stereocenters. The summed E-state index contributed by atoms with van der Waals surface area (Å²) in [5.41, 5.74) is 3.86. The highest BCUT2D eigenvalue weighted by atomic mass is 32.1. The minimum atomic E-state index is 0.340. The molecule has 0 aliphatic carbocycles. The van der Waals surface area contributed by atoms with Gasteiger partial charge in [-0.25, -0.2) is 0 Å². The van der Waals surface area contributed by atoms with Crippen LogP contribution < -0.4 is 10.1 Å². The monoisotopic (exact) mass is 261 g/mol. The zero-order chi connectivity index (χ0) is 13.0. The molecule has 1 aromatic heterocycles. The normalized spacial score (nSPS) is 12.4. The van der Waals surface area contributed by atoms with Gasteiger partial charge in [-0.2, -0.15) is 11.3 Å². The number of likely N-dealkylation sites (N-methyl/N-ethyl adjacent to an activating group) is 1. The Morgan fingerprint density at radius 3 is 2.78 bits per heavy atom. The van der Waals surface area contributed by atoms with E-state index >= 15 is 0 Å². The summed E-state index contributed by atoms with van der Waals surface area (Å²) in [6.45, 7) is 2.11. The molecule has 1 aromatic carbocycles. The lowest BCUT2D eigenvalue weighted by molar-refractivity contribution is 0.406. The maximum Gasteiger partial charge on any atom is 0.122 e. The van der Waals surface area contributed by atoms with E-state index in [9.17, 15) is 0 Å². The van der Waals surface area contributed by atoms with Crippen LogP contribution in [0.25, 0.3) is 0 Å². The van der Waals surface area contributed by atoms with Crippen LogP contribution >= 0.6 is 11.3 Å². The van der Waals surface area contributed by atoms with E-state index in [1.54, 1.807) is 18.4 Å². The first-order valence-corrected chi connectivity index (χ1v) is 7.01. The van der Waals surface area contributed by atoms with Crippen molar-refractivity contribution in [1.29, 1.82) is 0 Å². The Kier molecular flexibility index (Phi) is 4.39. The first-order valence-electron chi connectivity index (χ1n) is 6.07. The topological polar surface area (TPSA) is 21.3 Å². The fourth-order valence-corrected chi connectivity index (χ4v) is 2.86. The Bertz CT molecular complexity index is 493. The molecule has 1 unspecified atom stereocenters. The summed E-state index contributed by atoms with van der Waals surface area (Å²) >= 11 is 1.74. The summed E-state index contributed by atoms with van der Waals surface area (Å²) in [5.74, 6) is 0.969. The molecule has 2 nitrogen and oxygen atoms in total. The van der Waals surface area contributed by atoms with Gasteiger partial charge in [0.05, 0.1) is 7.11 Å². The van der Waals surface area contributed by atoms with E-state index in [1.165, 1.54) is 16.7 Å². The van der Waals surface area contributed by atoms with Crippen molar-refractivity contribution in [3.63, 3.8) is 0 Å². The Hall–Kier alpha value is -1.32. The average Bonchev–Trinajstić information content (AvgIpc) is 2.90. The number of methoxy groups -OCH3 is 1. The molecular formula is C15H19NOS. The first kappa shape index (κ1) is 13.1. The summed E-state index contributed by atoms with van der Waals surface area (Å²) < 4.78 is 5.44. The van der Waals surface area contributed by atoms with Crippen molar-refractivity contribution in [1.82, 2.24) is 5.32 Å². The van der Waals surface area contributed by atoms with Gasteiger partial charge < -0.3 is 10.1 Å². The van der Waals surface area contributed by atoms with Gasteiger partial charge in [-0.1, -0.05) is 17.7 Å². The standard InChI is InChI=1S/C15H19NOS/c1-11-4-5-15(17-3)13(8-11)9-14(16-2)12-6-7-18-10-12/h4-8,10,14,16H,9H2,1-3H3. The molecule has 0 radical (unpaired) electrons. The van der Waals surface area contributed by atoms with Gasteiger partial charge >= 0.3 is 0 Å². The zero-order valence-electron chi connectivity index (χ0n) is 11.1. The predicted octanol–water partition coefficient (Wildman–Crippen LogP) is 3.57. The van der Waals surface area contributed by atoms with Crippen LogP contribution in [-0.2, 0) is 6.42 Å². The lowest BCUT2D eigenvalue weighted by Gasteiger charge is -2.17. The third kappa shape index (κ3) is 2.92. The fraction of sp³-hybridized carbons (Fsp3) is 0.333. The number of ether oxygens (including phenoxy) is 1. The lowest BCUT2D eigenvalue weighted by Crippen LogP contribution is -2.18. The van der Waals surface area contributed by atoms with E-state index in [-0.39, 0.29) is 0 Å². The lowest BCUT2D eigenvalue weighted by atomic mass is 9.99. The highest BCUT2D eigenvalue weighted by molar-refractivity contribution is 7.07. The number of aryl methyl sites for hydroxylation is 1. The molecule has 96 valence electrons. The van der Waals surface area contributed by atoms with Crippen molar-refractivity contribution in [2.75, 3.05) is 14.2 Å². The first-order chi connectivity index (χ1) is 8.74. The molecule has 0 fully saturated rings. The Labute approximate surface area is 113 Å². The number of nitrogens with one attached hydrogen (secondary N) is 1. The minimum Gasteiger partial charge on any atom is -0.496 e. The van der Waals surface area contributed by atoms with Crippen LogP contribution in [0.2, 0.25) is 0 Å². The third-order valence-corrected chi connectivity index (χ3v) is 3.86. The van der Waals surface area contributed by atoms with Crippen LogP contribution in [0, 0.1) is 6.92 Å². The van der Waals surface area contributed by atoms with Gasteiger partial charge in [-0.3, -0.25) is 0 Å². The van der Waals surface area contributed by atoms with Crippen molar-refractivity contribution in [3.05, 3.63) is 51.7 Å². The van der Waals surface area contributed by atoms with Crippen LogP contribution in [0.5, 0.6) is 5.75 Å². The molecule has 0 bridgehead atoms. The molecular weight excluding hydrogens is 242 g/mol. The molecule has 0 saturated carbocycles. The number of benzene rings is 1. The van der Waals surface area contributed by atoms with E-state index in [0.29, 0.717) is 6.04 Å². The molecule has 18 heavy (non-hydrogen) atoms. The number of hydrogen-bond acceptors (Lipinski definition) is 3. The largest absolute Gasteiger partial charge is 0.496 e. The van der Waals surface area contributed by atoms with Crippen LogP contribution in [-0.4, -0.2) is 14.2 Å². The van der Waals surface area contributed by atoms with Crippen LogP contribution in [0.3, 0.4) is 0 Å². The SMILES string of the molecule is CNC(Cc1cc(C)ccc1OC)c1ccsc1. The maximum absolute atomic E-state index is 5.44. The molecule has 0 spiro atoms. The van der Waals surface area contributed by atoms with E-state index in [4.69, 9.17) is 4.74 Å². The number of rotatable bonds is 5. The van der Waals surface area contributed by atoms with Crippen molar-refractivity contribution in [3.8, 4) is 5.75 Å². The van der Waals surface area contributed by atoms with E-state index in [0.717, 1.165) is 12.2 Å². The highest BCUT2D eigenvalue weighted by Crippen LogP contribution is 2.26. The Morgan fingerprint density at radius 1 is 1.33 bits per heavy atom. The molecule has 0 saturated heterocycles. The third-order valence-electron chi connectivity index (χ3n) is 3.15. The van der Waals surface area contributed by atoms with Crippen LogP contribution in [0.15, 0.2) is 35.0 Å². The second-order valence-corrected chi connectivity index (χ2v) is 5.20. The van der Waals surface area contributed by atoms with Crippen LogP contribution in [0.4, 0.5) is 0 Å². The van der Waals surface area contributed by atoms with Gasteiger partial charge in [0.15, 0.2) is 0 Å². The van der Waals surface area contributed by atoms with Gasteiger partial charge in [0.25, 0.3) is 0 Å². The Morgan fingerprint density at radius 2 is 2.17 bits per heavy atom. The van der Waals surface area contributed by atoms with Gasteiger partial charge in [0.2, 0.25) is 0 Å². The van der Waals surface area contributed by atoms with Gasteiger partial charge in [-0.15, -0.1) is 0 Å². The molecule has 0 aliphatic heterocycles. The number of thiophene rings is 1. The molecule has 0 amide bonds. The van der Waals surface area contributed by atoms with Gasteiger partial charge in [0, 0.05) is 6.04 Å². The van der Waals surface area contributed by atoms with E-state index < -0.39 is 0 Å². The summed E-state index contributed by atoms with van der Waals surface area (Å²) in [5, 5.41) is 7.69. The molecule has 0 aliphatic rings. The molecule has 1 N–H and O–H groups in total. The molecule has 2 aromatic rings. The van der Waals surface area contributed by atoms with E-state index in [2.05, 4.69) is 41.2 Å². The summed E-state index contributed by atoms with van der Waals surface area (Å²) in [4.78, 5) is 0. The average molecular weight is 261 g/mol. The maximum atomic E-state index is 5.44. The van der Waals surface area contributed by atoms with E-state index in [1.807, 2.05) is 13.1 Å². The summed E-state index contributed by atoms with van der Waals surface area (Å²) in [6.07, 6.45) is 0.943. The van der Waals surface area contributed by atoms with Crippen molar-refractivity contribution >= 4 is 11.3 Å². The second-order valence-electron chi connectivity index (χ2n) is 4.42. The predicted molar refractivity (Wildman–Crippen MR) is 77.6 cm³/mol. The summed E-state index contributed by atoms with van der Waals surface area (Å²) in [6, 6.07) is 8.85. The minimum absolute atomic E-state index is 0.340. The summed E-state index contributed by atoms with van der Waals surface area (Å²) in [7, 11) is 3.73. The number of hydrogen-bond donors (Lipinski definition) is 1. The molecule has 2 rings (SSSR count). The van der Waals surface area contributed by atoms with Crippen molar-refractivity contribution < 1.29 is 4.74 Å². The quantitative estimate of drug-likeness (QED) is 0.888. The van der Waals surface area contributed by atoms with Crippen molar-refractivity contribution in [2.45, 2.75) is 19.4 Å². The fourth-order valence-electron chi connectivity index (χ4n) is 2.15. The Balaban J connectivity index is 2.24. The van der Waals surface area contributed by atoms with Gasteiger partial charge in [0.1, 0.15) is 5.75 Å². The smallest absolute Gasteiger partial charge is 0.122 e. The van der Waals surface area contributed by atoms with Gasteiger partial charge in [-0.05, 0) is 54.4 Å². The second kappa shape index (κ2) is 6.03. The van der Waals surface area contributed by atoms with Crippen molar-refractivity contribution in [2.24, 2.45) is 0 Å². The highest BCUT2D eigenvalue weighted by Gasteiger charge is 2.13. The van der Waals surface area contributed by atoms with Crippen LogP contribution in [0.1, 0.15) is 22.7 Å².